The van der Waals surface area contributed by atoms with Crippen LogP contribution in [0.2, 0.25) is 0 Å². The van der Waals surface area contributed by atoms with Crippen LogP contribution in [0.1, 0.15) is 24.8 Å². The first-order valence-corrected chi connectivity index (χ1v) is 11.4. The average Bonchev–Trinajstić information content (AvgIpc) is 3.36. The van der Waals surface area contributed by atoms with E-state index < -0.39 is 37.9 Å². The molecule has 1 aliphatic heterocycles. The Labute approximate surface area is 183 Å². The molecule has 0 aromatic heterocycles. The highest BCUT2D eigenvalue weighted by molar-refractivity contribution is 7.94. The molecule has 1 atom stereocenters. The monoisotopic (exact) mass is 472 g/mol. The number of methoxy groups -OCH3 is 1. The Morgan fingerprint density at radius 1 is 1.16 bits per heavy atom. The summed E-state index contributed by atoms with van der Waals surface area (Å²) >= 11 is 0. The lowest BCUT2D eigenvalue weighted by atomic mass is 10.2. The topological polar surface area (TPSA) is 85.9 Å². The van der Waals surface area contributed by atoms with Crippen LogP contribution in [0.3, 0.4) is 0 Å². The van der Waals surface area contributed by atoms with E-state index in [9.17, 15) is 21.6 Å². The molecule has 0 amide bonds. The summed E-state index contributed by atoms with van der Waals surface area (Å²) in [6.07, 6.45) is 0.580. The van der Waals surface area contributed by atoms with Crippen molar-refractivity contribution in [2.75, 3.05) is 30.5 Å². The number of ether oxygens (including phenoxy) is 3. The van der Waals surface area contributed by atoms with Crippen molar-refractivity contribution in [3.63, 3.8) is 0 Å². The van der Waals surface area contributed by atoms with Crippen molar-refractivity contribution in [2.45, 2.75) is 37.0 Å². The van der Waals surface area contributed by atoms with Crippen LogP contribution in [-0.2, 0) is 19.5 Å². The minimum Gasteiger partial charge on any atom is -0.494 e. The van der Waals surface area contributed by atoms with E-state index in [1.165, 1.54) is 19.2 Å². The predicted molar refractivity (Wildman–Crippen MR) is 112 cm³/mol. The van der Waals surface area contributed by atoms with Crippen LogP contribution < -0.4 is 14.8 Å². The smallest absolute Gasteiger partial charge is 0.238 e. The van der Waals surface area contributed by atoms with Crippen molar-refractivity contribution < 1.29 is 35.8 Å². The van der Waals surface area contributed by atoms with Gasteiger partial charge in [0.05, 0.1) is 30.3 Å². The standard InChI is InChI=1S/C21H23F3N2O5S/c1-12-3-4-16(14(22)7-12)25-20-18(24)15(23)8-17(29-2)19(20)26-32(27,28)21(5-6-21)9-13-10-30-11-31-13/h3-4,7-8,13,25-26H,5-6,9-11H2,1-2H3/t13-/m1/s1. The van der Waals surface area contributed by atoms with Gasteiger partial charge in [-0.2, -0.15) is 0 Å². The van der Waals surface area contributed by atoms with E-state index in [0.717, 1.165) is 6.07 Å². The molecule has 0 spiro atoms. The van der Waals surface area contributed by atoms with Crippen molar-refractivity contribution >= 4 is 27.1 Å². The minimum absolute atomic E-state index is 0.0986. The van der Waals surface area contributed by atoms with Crippen LogP contribution in [0.5, 0.6) is 5.75 Å². The summed E-state index contributed by atoms with van der Waals surface area (Å²) in [5, 5.41) is 2.48. The van der Waals surface area contributed by atoms with Gasteiger partial charge >= 0.3 is 0 Å². The zero-order valence-electron chi connectivity index (χ0n) is 17.5. The predicted octanol–water partition coefficient (Wildman–Crippen LogP) is 4.20. The van der Waals surface area contributed by atoms with Gasteiger partial charge in [0.15, 0.2) is 11.6 Å². The van der Waals surface area contributed by atoms with Gasteiger partial charge in [0, 0.05) is 6.07 Å². The third-order valence-corrected chi connectivity index (χ3v) is 7.88. The second kappa shape index (κ2) is 8.45. The van der Waals surface area contributed by atoms with Gasteiger partial charge in [-0.05, 0) is 43.9 Å². The maximum Gasteiger partial charge on any atom is 0.238 e. The van der Waals surface area contributed by atoms with Gasteiger partial charge in [-0.1, -0.05) is 6.07 Å². The zero-order chi connectivity index (χ0) is 23.1. The molecule has 1 saturated heterocycles. The molecule has 2 aromatic carbocycles. The first-order chi connectivity index (χ1) is 15.2. The first kappa shape index (κ1) is 22.7. The van der Waals surface area contributed by atoms with Crippen molar-refractivity contribution in [1.29, 1.82) is 0 Å². The number of halogens is 3. The molecular formula is C21H23F3N2O5S. The average molecular weight is 472 g/mol. The molecule has 2 aromatic rings. The number of hydrogen-bond acceptors (Lipinski definition) is 6. The van der Waals surface area contributed by atoms with Gasteiger partial charge in [-0.15, -0.1) is 0 Å². The molecule has 1 heterocycles. The van der Waals surface area contributed by atoms with Gasteiger partial charge in [0.2, 0.25) is 10.0 Å². The van der Waals surface area contributed by atoms with E-state index >= 15 is 0 Å². The molecule has 4 rings (SSSR count). The lowest BCUT2D eigenvalue weighted by Crippen LogP contribution is -2.34. The fourth-order valence-corrected chi connectivity index (χ4v) is 5.44. The fraction of sp³-hybridized carbons (Fsp3) is 0.429. The molecule has 1 aliphatic carbocycles. The molecule has 2 aliphatic rings. The summed E-state index contributed by atoms with van der Waals surface area (Å²) in [4.78, 5) is 0. The molecule has 2 fully saturated rings. The highest BCUT2D eigenvalue weighted by atomic mass is 32.2. The molecule has 7 nitrogen and oxygen atoms in total. The summed E-state index contributed by atoms with van der Waals surface area (Å²) in [5.74, 6) is -3.62. The molecule has 32 heavy (non-hydrogen) atoms. The first-order valence-electron chi connectivity index (χ1n) is 9.97. The normalized spacial score (nSPS) is 19.6. The number of aryl methyl sites for hydroxylation is 1. The van der Waals surface area contributed by atoms with E-state index in [1.807, 2.05) is 0 Å². The SMILES string of the molecule is COc1cc(F)c(F)c(Nc2ccc(C)cc2F)c1NS(=O)(=O)C1(C[C@@H]2COCO2)CC1. The quantitative estimate of drug-likeness (QED) is 0.599. The van der Waals surface area contributed by atoms with Crippen molar-refractivity contribution in [3.8, 4) is 5.75 Å². The summed E-state index contributed by atoms with van der Waals surface area (Å²) in [7, 11) is -2.88. The number of sulfonamides is 1. The van der Waals surface area contributed by atoms with Gasteiger partial charge in [-0.25, -0.2) is 21.6 Å². The molecule has 11 heteroatoms. The van der Waals surface area contributed by atoms with E-state index in [2.05, 4.69) is 10.0 Å². The van der Waals surface area contributed by atoms with Crippen LogP contribution in [0.15, 0.2) is 24.3 Å². The molecule has 0 unspecified atom stereocenters. The number of hydrogen-bond donors (Lipinski definition) is 2. The third kappa shape index (κ3) is 4.24. The molecule has 0 bridgehead atoms. The minimum atomic E-state index is -4.07. The molecule has 174 valence electrons. The largest absolute Gasteiger partial charge is 0.494 e. The Hall–Kier alpha value is -2.50. The van der Waals surface area contributed by atoms with E-state index in [-0.39, 0.29) is 43.0 Å². The summed E-state index contributed by atoms with van der Waals surface area (Å²) in [6.45, 7) is 2.05. The second-order valence-electron chi connectivity index (χ2n) is 8.00. The lowest BCUT2D eigenvalue weighted by molar-refractivity contribution is 0.0439. The van der Waals surface area contributed by atoms with Crippen LogP contribution in [-0.4, -0.2) is 39.8 Å². The number of rotatable bonds is 8. The number of benzene rings is 2. The fourth-order valence-electron chi connectivity index (χ4n) is 3.71. The van der Waals surface area contributed by atoms with Crippen molar-refractivity contribution in [1.82, 2.24) is 0 Å². The summed E-state index contributed by atoms with van der Waals surface area (Å²) < 4.78 is 86.8. The van der Waals surface area contributed by atoms with Gasteiger partial charge in [0.1, 0.15) is 29.7 Å². The summed E-state index contributed by atoms with van der Waals surface area (Å²) in [6, 6.07) is 4.87. The van der Waals surface area contributed by atoms with Gasteiger partial charge in [0.25, 0.3) is 0 Å². The lowest BCUT2D eigenvalue weighted by Gasteiger charge is -2.23. The van der Waals surface area contributed by atoms with Crippen LogP contribution >= 0.6 is 0 Å². The van der Waals surface area contributed by atoms with E-state index in [4.69, 9.17) is 14.2 Å². The van der Waals surface area contributed by atoms with Gasteiger partial charge < -0.3 is 19.5 Å². The maximum absolute atomic E-state index is 14.8. The van der Waals surface area contributed by atoms with Gasteiger partial charge in [-0.3, -0.25) is 4.72 Å². The summed E-state index contributed by atoms with van der Waals surface area (Å²) in [5.41, 5.74) is -0.453. The van der Waals surface area contributed by atoms with E-state index in [1.54, 1.807) is 13.0 Å². The Bertz CT molecular complexity index is 1130. The van der Waals surface area contributed by atoms with Crippen LogP contribution in [0.4, 0.5) is 30.2 Å². The number of nitrogens with one attached hydrogen (secondary N) is 2. The Kier molecular flexibility index (Phi) is 5.99. The van der Waals surface area contributed by atoms with Crippen LogP contribution in [0.25, 0.3) is 0 Å². The Balaban J connectivity index is 1.72. The highest BCUT2D eigenvalue weighted by Gasteiger charge is 2.56. The highest BCUT2D eigenvalue weighted by Crippen LogP contribution is 2.50. The molecule has 0 radical (unpaired) electrons. The molecular weight excluding hydrogens is 449 g/mol. The molecule has 1 saturated carbocycles. The second-order valence-corrected chi connectivity index (χ2v) is 10.1. The van der Waals surface area contributed by atoms with Crippen molar-refractivity contribution in [3.05, 3.63) is 47.3 Å². The van der Waals surface area contributed by atoms with E-state index in [0.29, 0.717) is 18.4 Å². The maximum atomic E-state index is 14.8. The number of anilines is 3. The Morgan fingerprint density at radius 3 is 2.50 bits per heavy atom. The zero-order valence-corrected chi connectivity index (χ0v) is 18.3. The Morgan fingerprint density at radius 2 is 1.91 bits per heavy atom. The molecule has 2 N–H and O–H groups in total. The third-order valence-electron chi connectivity index (χ3n) is 5.69. The van der Waals surface area contributed by atoms with Crippen LogP contribution in [0, 0.1) is 24.4 Å². The van der Waals surface area contributed by atoms with Crippen molar-refractivity contribution in [2.24, 2.45) is 0 Å².